The first-order valence-electron chi connectivity index (χ1n) is 7.85. The van der Waals surface area contributed by atoms with E-state index in [0.717, 1.165) is 11.3 Å². The predicted molar refractivity (Wildman–Crippen MR) is 89.9 cm³/mol. The largest absolute Gasteiger partial charge is 0.352 e. The molecule has 3 aromatic rings. The molecule has 0 aliphatic carbocycles. The standard InChI is InChI=1S/C17H17N3O3S/c21-24(22)9-6-13(12-24)11-20-8-7-18-17(20)16-10-15(19-23-16)14-4-2-1-3-5-14/h1-5,7-8,10,13H,6,9,11-12H2. The molecule has 0 spiro atoms. The zero-order valence-corrected chi connectivity index (χ0v) is 13.8. The fourth-order valence-corrected chi connectivity index (χ4v) is 4.95. The van der Waals surface area contributed by atoms with Crippen molar-refractivity contribution in [2.45, 2.75) is 13.0 Å². The van der Waals surface area contributed by atoms with E-state index < -0.39 is 9.84 Å². The van der Waals surface area contributed by atoms with Crippen LogP contribution in [-0.2, 0) is 16.4 Å². The van der Waals surface area contributed by atoms with Crippen LogP contribution >= 0.6 is 0 Å². The molecule has 0 bridgehead atoms. The number of hydrogen-bond acceptors (Lipinski definition) is 5. The summed E-state index contributed by atoms with van der Waals surface area (Å²) in [6.07, 6.45) is 4.25. The second-order valence-corrected chi connectivity index (χ2v) is 8.34. The molecule has 1 unspecified atom stereocenters. The van der Waals surface area contributed by atoms with Crippen LogP contribution in [0.25, 0.3) is 22.8 Å². The number of imidazole rings is 1. The minimum absolute atomic E-state index is 0.125. The van der Waals surface area contributed by atoms with Gasteiger partial charge in [-0.05, 0) is 12.3 Å². The van der Waals surface area contributed by atoms with E-state index in [2.05, 4.69) is 10.1 Å². The Morgan fingerprint density at radius 2 is 2.08 bits per heavy atom. The van der Waals surface area contributed by atoms with Crippen LogP contribution in [-0.4, -0.2) is 34.6 Å². The monoisotopic (exact) mass is 343 g/mol. The maximum Gasteiger partial charge on any atom is 0.202 e. The Labute approximate surface area is 140 Å². The molecule has 1 aliphatic rings. The lowest BCUT2D eigenvalue weighted by molar-refractivity contribution is 0.425. The van der Waals surface area contributed by atoms with Crippen molar-refractivity contribution in [2.24, 2.45) is 5.92 Å². The van der Waals surface area contributed by atoms with Gasteiger partial charge in [-0.25, -0.2) is 13.4 Å². The lowest BCUT2D eigenvalue weighted by atomic mass is 10.1. The maximum atomic E-state index is 11.6. The average molecular weight is 343 g/mol. The third kappa shape index (κ3) is 2.99. The van der Waals surface area contributed by atoms with Crippen LogP contribution in [0.5, 0.6) is 0 Å². The minimum atomic E-state index is -2.88. The Morgan fingerprint density at radius 3 is 2.83 bits per heavy atom. The van der Waals surface area contributed by atoms with Gasteiger partial charge in [0.05, 0.1) is 11.5 Å². The third-order valence-corrected chi connectivity index (χ3v) is 6.13. The summed E-state index contributed by atoms with van der Waals surface area (Å²) in [7, 11) is -2.88. The van der Waals surface area contributed by atoms with Crippen LogP contribution in [0.4, 0.5) is 0 Å². The molecule has 6 nitrogen and oxygen atoms in total. The normalized spacial score (nSPS) is 19.6. The van der Waals surface area contributed by atoms with E-state index in [1.165, 1.54) is 0 Å². The molecule has 124 valence electrons. The molecule has 7 heteroatoms. The molecular weight excluding hydrogens is 326 g/mol. The molecule has 1 fully saturated rings. The highest BCUT2D eigenvalue weighted by Gasteiger charge is 2.28. The molecule has 24 heavy (non-hydrogen) atoms. The van der Waals surface area contributed by atoms with Gasteiger partial charge in [-0.1, -0.05) is 35.5 Å². The van der Waals surface area contributed by atoms with Gasteiger partial charge in [0.15, 0.2) is 15.7 Å². The molecule has 1 saturated heterocycles. The lowest BCUT2D eigenvalue weighted by Gasteiger charge is -2.10. The Morgan fingerprint density at radius 1 is 1.25 bits per heavy atom. The number of benzene rings is 1. The van der Waals surface area contributed by atoms with E-state index in [4.69, 9.17) is 4.52 Å². The SMILES string of the molecule is O=S1(=O)CCC(Cn2ccnc2-c2cc(-c3ccccc3)no2)C1. The van der Waals surface area contributed by atoms with Gasteiger partial charge in [-0.2, -0.15) is 0 Å². The van der Waals surface area contributed by atoms with E-state index in [1.54, 1.807) is 6.20 Å². The molecule has 1 aromatic carbocycles. The van der Waals surface area contributed by atoms with Crippen LogP contribution in [0.2, 0.25) is 0 Å². The van der Waals surface area contributed by atoms with Gasteiger partial charge in [0, 0.05) is 30.6 Å². The first kappa shape index (κ1) is 15.1. The Balaban J connectivity index is 1.58. The van der Waals surface area contributed by atoms with Crippen molar-refractivity contribution in [1.82, 2.24) is 14.7 Å². The fourth-order valence-electron chi connectivity index (χ4n) is 3.10. The Bertz CT molecular complexity index is 944. The highest BCUT2D eigenvalue weighted by molar-refractivity contribution is 7.91. The summed E-state index contributed by atoms with van der Waals surface area (Å²) in [6.45, 7) is 0.621. The van der Waals surface area contributed by atoms with Gasteiger partial charge < -0.3 is 9.09 Å². The van der Waals surface area contributed by atoms with Crippen molar-refractivity contribution in [3.05, 3.63) is 48.8 Å². The van der Waals surface area contributed by atoms with E-state index in [0.29, 0.717) is 24.6 Å². The van der Waals surface area contributed by atoms with Gasteiger partial charge >= 0.3 is 0 Å². The summed E-state index contributed by atoms with van der Waals surface area (Å²) < 4.78 is 30.7. The maximum absolute atomic E-state index is 11.6. The van der Waals surface area contributed by atoms with Crippen LogP contribution in [0.1, 0.15) is 6.42 Å². The number of aromatic nitrogens is 3. The molecule has 0 N–H and O–H groups in total. The van der Waals surface area contributed by atoms with Crippen molar-refractivity contribution in [3.8, 4) is 22.8 Å². The van der Waals surface area contributed by atoms with Crippen molar-refractivity contribution in [2.75, 3.05) is 11.5 Å². The molecule has 4 rings (SSSR count). The quantitative estimate of drug-likeness (QED) is 0.728. The van der Waals surface area contributed by atoms with E-state index >= 15 is 0 Å². The summed E-state index contributed by atoms with van der Waals surface area (Å²) >= 11 is 0. The second kappa shape index (κ2) is 5.90. The van der Waals surface area contributed by atoms with Crippen LogP contribution in [0.15, 0.2) is 53.3 Å². The smallest absolute Gasteiger partial charge is 0.202 e. The van der Waals surface area contributed by atoms with E-state index in [-0.39, 0.29) is 17.4 Å². The molecule has 0 amide bonds. The summed E-state index contributed by atoms with van der Waals surface area (Å²) in [5.74, 6) is 1.91. The van der Waals surface area contributed by atoms with Gasteiger partial charge in [-0.15, -0.1) is 0 Å². The molecule has 3 heterocycles. The van der Waals surface area contributed by atoms with Gasteiger partial charge in [0.2, 0.25) is 5.76 Å². The minimum Gasteiger partial charge on any atom is -0.352 e. The highest BCUT2D eigenvalue weighted by Crippen LogP contribution is 2.27. The predicted octanol–water partition coefficient (Wildman–Crippen LogP) is 2.64. The van der Waals surface area contributed by atoms with Crippen LogP contribution < -0.4 is 0 Å². The number of sulfone groups is 1. The topological polar surface area (TPSA) is 78.0 Å². The summed E-state index contributed by atoms with van der Waals surface area (Å²) in [5, 5.41) is 4.11. The number of hydrogen-bond donors (Lipinski definition) is 0. The highest BCUT2D eigenvalue weighted by atomic mass is 32.2. The third-order valence-electron chi connectivity index (χ3n) is 4.30. The molecule has 0 radical (unpaired) electrons. The van der Waals surface area contributed by atoms with E-state index in [1.807, 2.05) is 47.2 Å². The van der Waals surface area contributed by atoms with Crippen molar-refractivity contribution < 1.29 is 12.9 Å². The first-order chi connectivity index (χ1) is 11.6. The zero-order valence-electron chi connectivity index (χ0n) is 13.0. The molecule has 2 aromatic heterocycles. The average Bonchev–Trinajstić information content (AvgIpc) is 3.28. The van der Waals surface area contributed by atoms with Crippen LogP contribution in [0, 0.1) is 5.92 Å². The van der Waals surface area contributed by atoms with Crippen molar-refractivity contribution in [1.29, 1.82) is 0 Å². The molecule has 1 atom stereocenters. The summed E-state index contributed by atoms with van der Waals surface area (Å²) in [5.41, 5.74) is 1.73. The Kier molecular flexibility index (Phi) is 3.72. The van der Waals surface area contributed by atoms with Crippen molar-refractivity contribution in [3.63, 3.8) is 0 Å². The summed E-state index contributed by atoms with van der Waals surface area (Å²) in [6, 6.07) is 11.7. The van der Waals surface area contributed by atoms with Gasteiger partial charge in [-0.3, -0.25) is 0 Å². The van der Waals surface area contributed by atoms with Crippen LogP contribution in [0.3, 0.4) is 0 Å². The van der Waals surface area contributed by atoms with E-state index in [9.17, 15) is 8.42 Å². The Hall–Kier alpha value is -2.41. The zero-order chi connectivity index (χ0) is 16.6. The molecule has 1 aliphatic heterocycles. The first-order valence-corrected chi connectivity index (χ1v) is 9.67. The fraction of sp³-hybridized carbons (Fsp3) is 0.294. The second-order valence-electron chi connectivity index (χ2n) is 6.11. The van der Waals surface area contributed by atoms with Gasteiger partial charge in [0.1, 0.15) is 5.69 Å². The lowest BCUT2D eigenvalue weighted by Crippen LogP contribution is -2.12. The van der Waals surface area contributed by atoms with Gasteiger partial charge in [0.25, 0.3) is 0 Å². The molecule has 0 saturated carbocycles. The number of nitrogens with zero attached hydrogens (tertiary/aromatic N) is 3. The molecular formula is C17H17N3O3S. The number of rotatable bonds is 4. The summed E-state index contributed by atoms with van der Waals surface area (Å²) in [4.78, 5) is 4.35. The van der Waals surface area contributed by atoms with Crippen molar-refractivity contribution >= 4 is 9.84 Å².